The third-order valence-corrected chi connectivity index (χ3v) is 3.65. The van der Waals surface area contributed by atoms with Gasteiger partial charge in [-0.2, -0.15) is 0 Å². The Kier molecular flexibility index (Phi) is 3.96. The number of carbonyl (C=O) groups excluding carboxylic acids is 1. The number of nitrogens with one attached hydrogen (secondary N) is 1. The van der Waals surface area contributed by atoms with Crippen molar-refractivity contribution >= 4 is 32.9 Å². The molecule has 4 nitrogen and oxygen atoms in total. The van der Waals surface area contributed by atoms with Gasteiger partial charge in [0.2, 0.25) is 0 Å². The van der Waals surface area contributed by atoms with Gasteiger partial charge in [-0.1, -0.05) is 15.9 Å². The van der Waals surface area contributed by atoms with Crippen LogP contribution in [0.5, 0.6) is 0 Å². The van der Waals surface area contributed by atoms with Crippen molar-refractivity contribution in [3.05, 3.63) is 34.5 Å². The third-order valence-electron chi connectivity index (χ3n) is 3.15. The van der Waals surface area contributed by atoms with E-state index in [1.165, 1.54) is 0 Å². The molecule has 0 aliphatic carbocycles. The zero-order valence-electron chi connectivity index (χ0n) is 11.1. The molecule has 0 saturated heterocycles. The maximum absolute atomic E-state index is 12.1. The number of furan rings is 1. The number of hydrogen-bond acceptors (Lipinski definition) is 4. The lowest BCUT2D eigenvalue weighted by molar-refractivity contribution is -0.151. The third kappa shape index (κ3) is 2.53. The minimum atomic E-state index is -0.985. The predicted octanol–water partition coefficient (Wildman–Crippen LogP) is 3.19. The van der Waals surface area contributed by atoms with E-state index in [9.17, 15) is 4.79 Å². The van der Waals surface area contributed by atoms with E-state index in [-0.39, 0.29) is 5.97 Å². The van der Waals surface area contributed by atoms with Gasteiger partial charge in [-0.15, -0.1) is 0 Å². The average molecular weight is 326 g/mol. The highest BCUT2D eigenvalue weighted by Gasteiger charge is 2.38. The Morgan fingerprint density at radius 3 is 2.84 bits per heavy atom. The topological polar surface area (TPSA) is 51.5 Å². The van der Waals surface area contributed by atoms with Crippen molar-refractivity contribution in [3.63, 3.8) is 0 Å². The second kappa shape index (κ2) is 5.35. The Morgan fingerprint density at radius 1 is 1.47 bits per heavy atom. The summed E-state index contributed by atoms with van der Waals surface area (Å²) in [5.74, 6) is 0.192. The van der Waals surface area contributed by atoms with Gasteiger partial charge in [0.15, 0.2) is 5.54 Å². The molecule has 0 fully saturated rings. The first-order valence-corrected chi connectivity index (χ1v) is 6.86. The van der Waals surface area contributed by atoms with Crippen molar-refractivity contribution in [1.29, 1.82) is 0 Å². The Hall–Kier alpha value is -1.33. The first-order chi connectivity index (χ1) is 9.01. The molecule has 0 amide bonds. The molecule has 19 heavy (non-hydrogen) atoms. The Morgan fingerprint density at radius 2 is 2.21 bits per heavy atom. The Bertz CT molecular complexity index is 608. The fraction of sp³-hybridized carbons (Fsp3) is 0.357. The molecule has 1 heterocycles. The molecule has 1 N–H and O–H groups in total. The van der Waals surface area contributed by atoms with Crippen LogP contribution in [0.1, 0.15) is 19.6 Å². The number of esters is 1. The van der Waals surface area contributed by atoms with E-state index in [1.54, 1.807) is 20.9 Å². The van der Waals surface area contributed by atoms with Gasteiger partial charge in [0, 0.05) is 9.86 Å². The molecule has 102 valence electrons. The van der Waals surface area contributed by atoms with Gasteiger partial charge in [0.05, 0.1) is 6.61 Å². The van der Waals surface area contributed by atoms with Crippen LogP contribution in [-0.4, -0.2) is 19.6 Å². The van der Waals surface area contributed by atoms with Crippen LogP contribution in [0.3, 0.4) is 0 Å². The van der Waals surface area contributed by atoms with Gasteiger partial charge >= 0.3 is 5.97 Å². The van der Waals surface area contributed by atoms with E-state index in [4.69, 9.17) is 9.15 Å². The summed E-state index contributed by atoms with van der Waals surface area (Å²) in [6.45, 7) is 3.86. The van der Waals surface area contributed by atoms with Gasteiger partial charge in [-0.25, -0.2) is 4.79 Å². The average Bonchev–Trinajstić information content (AvgIpc) is 2.81. The van der Waals surface area contributed by atoms with Crippen molar-refractivity contribution in [1.82, 2.24) is 5.32 Å². The van der Waals surface area contributed by atoms with Gasteiger partial charge in [-0.3, -0.25) is 5.32 Å². The summed E-state index contributed by atoms with van der Waals surface area (Å²) >= 11 is 3.41. The van der Waals surface area contributed by atoms with Gasteiger partial charge in [0.1, 0.15) is 11.3 Å². The summed E-state index contributed by atoms with van der Waals surface area (Å²) in [5.41, 5.74) is -0.245. The minimum absolute atomic E-state index is 0.335. The largest absolute Gasteiger partial charge is 0.464 e. The van der Waals surface area contributed by atoms with E-state index in [1.807, 2.05) is 24.3 Å². The number of halogens is 1. The molecule has 0 aliphatic rings. The summed E-state index contributed by atoms with van der Waals surface area (Å²) in [6.07, 6.45) is 0. The maximum Gasteiger partial charge on any atom is 0.333 e. The lowest BCUT2D eigenvalue weighted by atomic mass is 9.99. The number of rotatable bonds is 4. The summed E-state index contributed by atoms with van der Waals surface area (Å²) in [6, 6.07) is 7.57. The number of hydrogen-bond donors (Lipinski definition) is 1. The highest BCUT2D eigenvalue weighted by Crippen LogP contribution is 2.30. The fourth-order valence-corrected chi connectivity index (χ4v) is 2.24. The van der Waals surface area contributed by atoms with Crippen LogP contribution in [0.25, 0.3) is 11.0 Å². The molecule has 0 bridgehead atoms. The lowest BCUT2D eigenvalue weighted by Gasteiger charge is -2.24. The molecule has 1 aromatic heterocycles. The van der Waals surface area contributed by atoms with Crippen LogP contribution in [0, 0.1) is 0 Å². The molecule has 1 unspecified atom stereocenters. The zero-order valence-corrected chi connectivity index (χ0v) is 12.7. The fourth-order valence-electron chi connectivity index (χ4n) is 1.86. The molecule has 1 aromatic carbocycles. The van der Waals surface area contributed by atoms with Crippen molar-refractivity contribution in [2.45, 2.75) is 19.4 Å². The number of benzene rings is 1. The van der Waals surface area contributed by atoms with Gasteiger partial charge < -0.3 is 9.15 Å². The zero-order chi connectivity index (χ0) is 14.0. The summed E-state index contributed by atoms with van der Waals surface area (Å²) < 4.78 is 11.8. The minimum Gasteiger partial charge on any atom is -0.464 e. The number of ether oxygens (including phenoxy) is 1. The predicted molar refractivity (Wildman–Crippen MR) is 77.0 cm³/mol. The summed E-state index contributed by atoms with van der Waals surface area (Å²) in [5, 5.41) is 3.91. The highest BCUT2D eigenvalue weighted by molar-refractivity contribution is 9.10. The smallest absolute Gasteiger partial charge is 0.333 e. The molecular formula is C14H16BrNO3. The summed E-state index contributed by atoms with van der Waals surface area (Å²) in [4.78, 5) is 12.1. The molecule has 0 aliphatic heterocycles. The van der Waals surface area contributed by atoms with E-state index in [2.05, 4.69) is 21.2 Å². The molecule has 2 rings (SSSR count). The molecule has 2 aromatic rings. The SMILES string of the molecule is CCOC(=O)C(C)(NC)c1cc2cc(Br)ccc2o1. The molecule has 5 heteroatoms. The summed E-state index contributed by atoms with van der Waals surface area (Å²) in [7, 11) is 1.71. The first kappa shape index (κ1) is 14.1. The Balaban J connectivity index is 2.48. The van der Waals surface area contributed by atoms with Crippen molar-refractivity contribution in [2.24, 2.45) is 0 Å². The monoisotopic (exact) mass is 325 g/mol. The van der Waals surface area contributed by atoms with Gasteiger partial charge in [0.25, 0.3) is 0 Å². The van der Waals surface area contributed by atoms with E-state index in [0.717, 1.165) is 15.4 Å². The van der Waals surface area contributed by atoms with Crippen LogP contribution < -0.4 is 5.32 Å². The second-order valence-electron chi connectivity index (χ2n) is 4.39. The van der Waals surface area contributed by atoms with Gasteiger partial charge in [-0.05, 0) is 45.2 Å². The lowest BCUT2D eigenvalue weighted by Crippen LogP contribution is -2.45. The van der Waals surface area contributed by atoms with E-state index >= 15 is 0 Å². The van der Waals surface area contributed by atoms with E-state index in [0.29, 0.717) is 12.4 Å². The normalized spacial score (nSPS) is 14.3. The molecule has 0 radical (unpaired) electrons. The Labute approximate surface area is 120 Å². The van der Waals surface area contributed by atoms with Crippen molar-refractivity contribution in [2.75, 3.05) is 13.7 Å². The maximum atomic E-state index is 12.1. The quantitative estimate of drug-likeness (QED) is 0.877. The van der Waals surface area contributed by atoms with E-state index < -0.39 is 5.54 Å². The van der Waals surface area contributed by atoms with Crippen molar-refractivity contribution < 1.29 is 13.9 Å². The number of fused-ring (bicyclic) bond motifs is 1. The van der Waals surface area contributed by atoms with Crippen molar-refractivity contribution in [3.8, 4) is 0 Å². The molecular weight excluding hydrogens is 310 g/mol. The second-order valence-corrected chi connectivity index (χ2v) is 5.30. The first-order valence-electron chi connectivity index (χ1n) is 6.07. The van der Waals surface area contributed by atoms with Crippen LogP contribution in [0.4, 0.5) is 0 Å². The molecule has 0 saturated carbocycles. The van der Waals surface area contributed by atoms with Crippen LogP contribution in [-0.2, 0) is 15.1 Å². The van der Waals surface area contributed by atoms with Crippen LogP contribution >= 0.6 is 15.9 Å². The van der Waals surface area contributed by atoms with Crippen LogP contribution in [0.15, 0.2) is 33.2 Å². The molecule has 1 atom stereocenters. The number of carbonyl (C=O) groups is 1. The highest BCUT2D eigenvalue weighted by atomic mass is 79.9. The van der Waals surface area contributed by atoms with Crippen LogP contribution in [0.2, 0.25) is 0 Å². The number of likely N-dealkylation sites (N-methyl/N-ethyl adjacent to an activating group) is 1. The molecule has 0 spiro atoms. The standard InChI is InChI=1S/C14H16BrNO3/c1-4-18-13(17)14(2,16-3)12-8-9-7-10(15)5-6-11(9)19-12/h5-8,16H,4H2,1-3H3.